The lowest BCUT2D eigenvalue weighted by molar-refractivity contribution is -0.174. The molecule has 5 unspecified atom stereocenters. The second-order valence-corrected chi connectivity index (χ2v) is 11.0. The smallest absolute Gasteiger partial charge is 0.0577 e. The summed E-state index contributed by atoms with van der Waals surface area (Å²) in [5.74, 6) is 3.83. The van der Waals surface area contributed by atoms with Crippen molar-refractivity contribution in [2.45, 2.75) is 90.8 Å². The molecule has 26 heavy (non-hydrogen) atoms. The van der Waals surface area contributed by atoms with Crippen LogP contribution < -0.4 is 5.73 Å². The predicted octanol–water partition coefficient (Wildman–Crippen LogP) is 3.96. The molecule has 0 aromatic carbocycles. The average molecular weight is 364 g/mol. The highest BCUT2D eigenvalue weighted by Crippen LogP contribution is 2.68. The van der Waals surface area contributed by atoms with Gasteiger partial charge in [-0.05, 0) is 111 Å². The molecule has 3 nitrogen and oxygen atoms in total. The summed E-state index contributed by atoms with van der Waals surface area (Å²) in [5, 5.41) is 21.4. The number of fused-ring (bicyclic) bond motifs is 5. The molecule has 0 spiro atoms. The van der Waals surface area contributed by atoms with Crippen LogP contribution in [-0.2, 0) is 0 Å². The van der Waals surface area contributed by atoms with Gasteiger partial charge in [0, 0.05) is 0 Å². The van der Waals surface area contributed by atoms with Gasteiger partial charge in [0.25, 0.3) is 0 Å². The number of hydrogen-bond donors (Lipinski definition) is 3. The van der Waals surface area contributed by atoms with Gasteiger partial charge in [-0.3, -0.25) is 0 Å². The molecule has 4 rings (SSSR count). The molecule has 0 aromatic rings. The lowest BCUT2D eigenvalue weighted by Crippen LogP contribution is -2.58. The van der Waals surface area contributed by atoms with Crippen molar-refractivity contribution in [2.75, 3.05) is 6.54 Å². The van der Waals surface area contributed by atoms with Crippen molar-refractivity contribution in [1.29, 1.82) is 0 Å². The number of hydrogen-bond acceptors (Lipinski definition) is 3. The average Bonchev–Trinajstić information content (AvgIpc) is 2.94. The van der Waals surface area contributed by atoms with E-state index < -0.39 is 0 Å². The molecule has 0 aliphatic heterocycles. The molecule has 4 aliphatic carbocycles. The van der Waals surface area contributed by atoms with Gasteiger partial charge in [-0.25, -0.2) is 0 Å². The van der Waals surface area contributed by atoms with Crippen molar-refractivity contribution < 1.29 is 10.2 Å². The third kappa shape index (κ3) is 2.71. The molecule has 3 heteroatoms. The van der Waals surface area contributed by atoms with Crippen molar-refractivity contribution in [3.05, 3.63) is 0 Å². The van der Waals surface area contributed by atoms with Gasteiger partial charge >= 0.3 is 0 Å². The zero-order valence-electron chi connectivity index (χ0n) is 17.2. The Morgan fingerprint density at radius 2 is 1.65 bits per heavy atom. The van der Waals surface area contributed by atoms with Crippen LogP contribution >= 0.6 is 0 Å². The van der Waals surface area contributed by atoms with Crippen molar-refractivity contribution >= 4 is 0 Å². The van der Waals surface area contributed by atoms with Crippen LogP contribution in [-0.4, -0.2) is 29.0 Å². The van der Waals surface area contributed by atoms with Gasteiger partial charge in [-0.15, -0.1) is 0 Å². The van der Waals surface area contributed by atoms with E-state index in [2.05, 4.69) is 20.8 Å². The number of aliphatic hydroxyl groups is 2. The van der Waals surface area contributed by atoms with Crippen LogP contribution in [0.25, 0.3) is 0 Å². The highest BCUT2D eigenvalue weighted by Gasteiger charge is 2.62. The minimum absolute atomic E-state index is 0.140. The van der Waals surface area contributed by atoms with Crippen LogP contribution in [0.1, 0.15) is 78.6 Å². The standard InChI is InChI=1S/C23H41NO2/c1-14(8-11-24)17-4-5-18-21-19(7-10-23(17,18)3)22(2)9-6-16(25)12-15(22)13-20(21)26/h14-21,25-26H,4-13,24H2,1-3H3/t14-,15?,16-,17?,18?,19?,20-,21?,22+,23-/m1/s1. The molecule has 0 radical (unpaired) electrons. The zero-order valence-corrected chi connectivity index (χ0v) is 17.2. The molecule has 4 aliphatic rings. The highest BCUT2D eigenvalue weighted by atomic mass is 16.3. The van der Waals surface area contributed by atoms with Crippen molar-refractivity contribution in [3.63, 3.8) is 0 Å². The monoisotopic (exact) mass is 363 g/mol. The SMILES string of the molecule is C[C@H](CCN)C1CCC2C3C(CC[C@@]21C)[C@@]1(C)CC[C@@H](O)CC1C[C@H]3O. The molecular formula is C23H41NO2. The number of aliphatic hydroxyl groups excluding tert-OH is 2. The minimum atomic E-state index is -0.156. The summed E-state index contributed by atoms with van der Waals surface area (Å²) in [7, 11) is 0. The Hall–Kier alpha value is -0.120. The fraction of sp³-hybridized carbons (Fsp3) is 1.00. The van der Waals surface area contributed by atoms with E-state index in [9.17, 15) is 10.2 Å². The third-order valence-electron chi connectivity index (χ3n) is 10.0. The maximum absolute atomic E-state index is 11.2. The van der Waals surface area contributed by atoms with Gasteiger partial charge in [0.2, 0.25) is 0 Å². The Morgan fingerprint density at radius 3 is 2.38 bits per heavy atom. The summed E-state index contributed by atoms with van der Waals surface area (Å²) in [5.41, 5.74) is 6.61. The van der Waals surface area contributed by atoms with Gasteiger partial charge in [-0.2, -0.15) is 0 Å². The Balaban J connectivity index is 1.61. The third-order valence-corrected chi connectivity index (χ3v) is 10.0. The van der Waals surface area contributed by atoms with Crippen molar-refractivity contribution in [1.82, 2.24) is 0 Å². The molecule has 4 fully saturated rings. The first-order chi connectivity index (χ1) is 12.3. The van der Waals surface area contributed by atoms with E-state index in [1.54, 1.807) is 0 Å². The largest absolute Gasteiger partial charge is 0.393 e. The van der Waals surface area contributed by atoms with E-state index in [1.165, 1.54) is 25.7 Å². The first-order valence-electron chi connectivity index (χ1n) is 11.4. The lowest BCUT2D eigenvalue weighted by Gasteiger charge is -2.62. The van der Waals surface area contributed by atoms with Crippen molar-refractivity contribution in [3.8, 4) is 0 Å². The van der Waals surface area contributed by atoms with Crippen LogP contribution in [0.5, 0.6) is 0 Å². The van der Waals surface area contributed by atoms with Crippen LogP contribution in [0.3, 0.4) is 0 Å². The minimum Gasteiger partial charge on any atom is -0.393 e. The Bertz CT molecular complexity index is 524. The Kier molecular flexibility index (Phi) is 4.98. The molecule has 0 amide bonds. The maximum Gasteiger partial charge on any atom is 0.0577 e. The van der Waals surface area contributed by atoms with Crippen LogP contribution in [0, 0.1) is 46.3 Å². The fourth-order valence-electron chi connectivity index (χ4n) is 8.64. The van der Waals surface area contributed by atoms with Gasteiger partial charge in [-0.1, -0.05) is 20.8 Å². The highest BCUT2D eigenvalue weighted by molar-refractivity contribution is 5.11. The van der Waals surface area contributed by atoms with Gasteiger partial charge < -0.3 is 15.9 Å². The Morgan fingerprint density at radius 1 is 0.962 bits per heavy atom. The summed E-state index contributed by atoms with van der Waals surface area (Å²) in [6.45, 7) is 8.26. The normalized spacial score (nSPS) is 54.9. The first kappa shape index (κ1) is 19.2. The van der Waals surface area contributed by atoms with Crippen LogP contribution in [0.4, 0.5) is 0 Å². The second-order valence-electron chi connectivity index (χ2n) is 11.0. The first-order valence-corrected chi connectivity index (χ1v) is 11.4. The summed E-state index contributed by atoms with van der Waals surface area (Å²) in [6.07, 6.45) is 10.0. The summed E-state index contributed by atoms with van der Waals surface area (Å²) in [4.78, 5) is 0. The summed E-state index contributed by atoms with van der Waals surface area (Å²) < 4.78 is 0. The van der Waals surface area contributed by atoms with Gasteiger partial charge in [0.05, 0.1) is 12.2 Å². The Labute approximate surface area is 160 Å². The van der Waals surface area contributed by atoms with Gasteiger partial charge in [0.15, 0.2) is 0 Å². The van der Waals surface area contributed by atoms with E-state index in [-0.39, 0.29) is 12.2 Å². The molecule has 0 saturated heterocycles. The molecule has 150 valence electrons. The van der Waals surface area contributed by atoms with E-state index >= 15 is 0 Å². The lowest BCUT2D eigenvalue weighted by atomic mass is 9.43. The second kappa shape index (κ2) is 6.74. The fourth-order valence-corrected chi connectivity index (χ4v) is 8.64. The van der Waals surface area contributed by atoms with Crippen molar-refractivity contribution in [2.24, 2.45) is 52.1 Å². The topological polar surface area (TPSA) is 66.5 Å². The maximum atomic E-state index is 11.2. The molecule has 4 N–H and O–H groups in total. The molecular weight excluding hydrogens is 322 g/mol. The quantitative estimate of drug-likeness (QED) is 0.711. The predicted molar refractivity (Wildman–Crippen MR) is 105 cm³/mol. The summed E-state index contributed by atoms with van der Waals surface area (Å²) >= 11 is 0. The van der Waals surface area contributed by atoms with Gasteiger partial charge in [0.1, 0.15) is 0 Å². The van der Waals surface area contributed by atoms with Crippen LogP contribution in [0.15, 0.2) is 0 Å². The number of nitrogens with two attached hydrogens (primary N) is 1. The molecule has 0 bridgehead atoms. The summed E-state index contributed by atoms with van der Waals surface area (Å²) in [6, 6.07) is 0. The molecule has 4 saturated carbocycles. The van der Waals surface area contributed by atoms with E-state index in [0.717, 1.165) is 44.6 Å². The van der Waals surface area contributed by atoms with Crippen LogP contribution in [0.2, 0.25) is 0 Å². The number of rotatable bonds is 3. The molecule has 0 aromatic heterocycles. The van der Waals surface area contributed by atoms with E-state index in [1.807, 2.05) is 0 Å². The zero-order chi connectivity index (χ0) is 18.7. The van der Waals surface area contributed by atoms with E-state index in [4.69, 9.17) is 5.73 Å². The molecule has 10 atom stereocenters. The molecule has 0 heterocycles. The van der Waals surface area contributed by atoms with E-state index in [0.29, 0.717) is 40.4 Å².